The average Bonchev–Trinajstić information content (AvgIpc) is 2.32. The summed E-state index contributed by atoms with van der Waals surface area (Å²) in [5.41, 5.74) is 1.29. The zero-order chi connectivity index (χ0) is 11.4. The molecule has 3 heteroatoms. The Morgan fingerprint density at radius 2 is 1.81 bits per heavy atom. The van der Waals surface area contributed by atoms with E-state index in [0.717, 1.165) is 10.9 Å². The van der Waals surface area contributed by atoms with Gasteiger partial charge in [0, 0.05) is 23.3 Å². The third kappa shape index (κ3) is 2.83. The van der Waals surface area contributed by atoms with E-state index in [1.54, 1.807) is 16.7 Å². The number of halogens is 1. The van der Waals surface area contributed by atoms with Gasteiger partial charge in [0.1, 0.15) is 0 Å². The van der Waals surface area contributed by atoms with E-state index in [-0.39, 0.29) is 5.56 Å². The maximum Gasteiger partial charge on any atom is 0.250 e. The fourth-order valence-electron chi connectivity index (χ4n) is 1.57. The van der Waals surface area contributed by atoms with Crippen molar-refractivity contribution in [1.82, 2.24) is 4.57 Å². The topological polar surface area (TPSA) is 22.0 Å². The van der Waals surface area contributed by atoms with E-state index in [1.807, 2.05) is 24.4 Å². The molecule has 0 saturated heterocycles. The van der Waals surface area contributed by atoms with Gasteiger partial charge in [-0.2, -0.15) is 0 Å². The Bertz CT molecular complexity index is 519. The number of benzene rings is 1. The molecule has 0 radical (unpaired) electrons. The Morgan fingerprint density at radius 3 is 2.56 bits per heavy atom. The van der Waals surface area contributed by atoms with E-state index in [0.29, 0.717) is 6.54 Å². The molecule has 2 aromatic rings. The molecule has 82 valence electrons. The molecule has 0 aliphatic carbocycles. The summed E-state index contributed by atoms with van der Waals surface area (Å²) >= 11 is 3.36. The highest BCUT2D eigenvalue weighted by Crippen LogP contribution is 2.06. The van der Waals surface area contributed by atoms with Crippen LogP contribution in [0, 0.1) is 0 Å². The van der Waals surface area contributed by atoms with Crippen molar-refractivity contribution in [3.8, 4) is 0 Å². The first-order valence-electron chi connectivity index (χ1n) is 5.15. The summed E-state index contributed by atoms with van der Waals surface area (Å²) < 4.78 is 2.65. The van der Waals surface area contributed by atoms with Crippen molar-refractivity contribution in [2.24, 2.45) is 0 Å². The van der Waals surface area contributed by atoms with Crippen molar-refractivity contribution < 1.29 is 0 Å². The van der Waals surface area contributed by atoms with Crippen LogP contribution in [0.25, 0.3) is 0 Å². The van der Waals surface area contributed by atoms with Gasteiger partial charge in [-0.15, -0.1) is 0 Å². The molecule has 1 heterocycles. The van der Waals surface area contributed by atoms with Gasteiger partial charge in [-0.3, -0.25) is 4.79 Å². The highest BCUT2D eigenvalue weighted by Gasteiger charge is 1.97. The molecular formula is C13H12BrNO. The van der Waals surface area contributed by atoms with Crippen molar-refractivity contribution in [3.63, 3.8) is 0 Å². The van der Waals surface area contributed by atoms with Crippen LogP contribution in [0.1, 0.15) is 5.56 Å². The SMILES string of the molecule is O=c1ccc(Br)cn1CCc1ccccc1. The van der Waals surface area contributed by atoms with E-state index >= 15 is 0 Å². The predicted molar refractivity (Wildman–Crippen MR) is 68.5 cm³/mol. The average molecular weight is 278 g/mol. The summed E-state index contributed by atoms with van der Waals surface area (Å²) in [7, 11) is 0. The van der Waals surface area contributed by atoms with Crippen LogP contribution in [0.4, 0.5) is 0 Å². The summed E-state index contributed by atoms with van der Waals surface area (Å²) in [4.78, 5) is 11.5. The molecule has 0 bridgehead atoms. The van der Waals surface area contributed by atoms with Crippen molar-refractivity contribution in [2.45, 2.75) is 13.0 Å². The quantitative estimate of drug-likeness (QED) is 0.846. The summed E-state index contributed by atoms with van der Waals surface area (Å²) in [6.45, 7) is 0.711. The molecule has 0 spiro atoms. The van der Waals surface area contributed by atoms with E-state index in [2.05, 4.69) is 28.1 Å². The first-order valence-corrected chi connectivity index (χ1v) is 5.95. The second kappa shape index (κ2) is 5.12. The Kier molecular flexibility index (Phi) is 3.57. The number of aromatic nitrogens is 1. The van der Waals surface area contributed by atoms with Crippen LogP contribution in [0.5, 0.6) is 0 Å². The number of rotatable bonds is 3. The van der Waals surface area contributed by atoms with Gasteiger partial charge >= 0.3 is 0 Å². The molecule has 0 aliphatic rings. The molecule has 0 N–H and O–H groups in total. The van der Waals surface area contributed by atoms with Crippen molar-refractivity contribution in [3.05, 3.63) is 69.1 Å². The Morgan fingerprint density at radius 1 is 1.06 bits per heavy atom. The lowest BCUT2D eigenvalue weighted by atomic mass is 10.1. The summed E-state index contributed by atoms with van der Waals surface area (Å²) in [5, 5.41) is 0. The third-order valence-corrected chi connectivity index (χ3v) is 2.90. The summed E-state index contributed by atoms with van der Waals surface area (Å²) in [5.74, 6) is 0. The Labute approximate surface area is 103 Å². The lowest BCUT2D eigenvalue weighted by Crippen LogP contribution is -2.19. The molecule has 2 nitrogen and oxygen atoms in total. The van der Waals surface area contributed by atoms with Crippen LogP contribution in [0.2, 0.25) is 0 Å². The minimum Gasteiger partial charge on any atom is -0.314 e. The first kappa shape index (κ1) is 11.1. The lowest BCUT2D eigenvalue weighted by molar-refractivity contribution is 0.667. The molecule has 1 aromatic carbocycles. The number of nitrogens with zero attached hydrogens (tertiary/aromatic N) is 1. The summed E-state index contributed by atoms with van der Waals surface area (Å²) in [6, 6.07) is 13.5. The molecule has 0 saturated carbocycles. The molecule has 16 heavy (non-hydrogen) atoms. The first-order chi connectivity index (χ1) is 7.75. The van der Waals surface area contributed by atoms with Gasteiger partial charge in [-0.05, 0) is 34.0 Å². The monoisotopic (exact) mass is 277 g/mol. The van der Waals surface area contributed by atoms with Crippen molar-refractivity contribution >= 4 is 15.9 Å². The molecule has 0 fully saturated rings. The van der Waals surface area contributed by atoms with Crippen LogP contribution in [-0.2, 0) is 13.0 Å². The number of aryl methyl sites for hydroxylation is 2. The van der Waals surface area contributed by atoms with Crippen LogP contribution in [0.15, 0.2) is 57.9 Å². The zero-order valence-corrected chi connectivity index (χ0v) is 10.4. The maximum atomic E-state index is 11.5. The van der Waals surface area contributed by atoms with Crippen LogP contribution < -0.4 is 5.56 Å². The zero-order valence-electron chi connectivity index (χ0n) is 8.77. The molecule has 0 aliphatic heterocycles. The van der Waals surface area contributed by atoms with Crippen LogP contribution in [0.3, 0.4) is 0 Å². The number of pyridine rings is 1. The van der Waals surface area contributed by atoms with Gasteiger partial charge in [0.25, 0.3) is 5.56 Å². The second-order valence-corrected chi connectivity index (χ2v) is 4.53. The molecule has 1 aromatic heterocycles. The maximum absolute atomic E-state index is 11.5. The van der Waals surface area contributed by atoms with Gasteiger partial charge in [-0.1, -0.05) is 30.3 Å². The standard InChI is InChI=1S/C13H12BrNO/c14-12-6-7-13(16)15(10-12)9-8-11-4-2-1-3-5-11/h1-7,10H,8-9H2. The third-order valence-electron chi connectivity index (χ3n) is 2.43. The molecule has 0 unspecified atom stereocenters. The van der Waals surface area contributed by atoms with E-state index in [4.69, 9.17) is 0 Å². The number of hydrogen-bond donors (Lipinski definition) is 0. The van der Waals surface area contributed by atoms with Crippen LogP contribution in [-0.4, -0.2) is 4.57 Å². The number of hydrogen-bond acceptors (Lipinski definition) is 1. The van der Waals surface area contributed by atoms with Gasteiger partial charge < -0.3 is 4.57 Å². The normalized spacial score (nSPS) is 10.3. The smallest absolute Gasteiger partial charge is 0.250 e. The van der Waals surface area contributed by atoms with E-state index in [9.17, 15) is 4.79 Å². The minimum absolute atomic E-state index is 0.0409. The van der Waals surface area contributed by atoms with Gasteiger partial charge in [0.15, 0.2) is 0 Å². The van der Waals surface area contributed by atoms with E-state index in [1.165, 1.54) is 5.56 Å². The molecule has 0 amide bonds. The highest BCUT2D eigenvalue weighted by atomic mass is 79.9. The van der Waals surface area contributed by atoms with Crippen molar-refractivity contribution in [1.29, 1.82) is 0 Å². The Balaban J connectivity index is 2.11. The van der Waals surface area contributed by atoms with Gasteiger partial charge in [0.2, 0.25) is 0 Å². The minimum atomic E-state index is 0.0409. The second-order valence-electron chi connectivity index (χ2n) is 3.61. The molecular weight excluding hydrogens is 266 g/mol. The van der Waals surface area contributed by atoms with Gasteiger partial charge in [-0.25, -0.2) is 0 Å². The summed E-state index contributed by atoms with van der Waals surface area (Å²) in [6.07, 6.45) is 2.70. The fourth-order valence-corrected chi connectivity index (χ4v) is 1.95. The van der Waals surface area contributed by atoms with Crippen molar-refractivity contribution in [2.75, 3.05) is 0 Å². The van der Waals surface area contributed by atoms with E-state index < -0.39 is 0 Å². The molecule has 0 atom stereocenters. The van der Waals surface area contributed by atoms with Crippen LogP contribution >= 0.6 is 15.9 Å². The highest BCUT2D eigenvalue weighted by molar-refractivity contribution is 9.10. The predicted octanol–water partition coefficient (Wildman–Crippen LogP) is 2.85. The van der Waals surface area contributed by atoms with Gasteiger partial charge in [0.05, 0.1) is 0 Å². The largest absolute Gasteiger partial charge is 0.314 e. The fraction of sp³-hybridized carbons (Fsp3) is 0.154. The lowest BCUT2D eigenvalue weighted by Gasteiger charge is -2.05. The Hall–Kier alpha value is -1.35. The molecule has 2 rings (SSSR count).